The Kier molecular flexibility index (Phi) is 5.84. The summed E-state index contributed by atoms with van der Waals surface area (Å²) in [5.41, 5.74) is 1.60. The van der Waals surface area contributed by atoms with Gasteiger partial charge in [0.2, 0.25) is 5.91 Å². The van der Waals surface area contributed by atoms with Crippen LogP contribution >= 0.6 is 0 Å². The summed E-state index contributed by atoms with van der Waals surface area (Å²) in [7, 11) is 0. The maximum Gasteiger partial charge on any atom is 0.261 e. The topological polar surface area (TPSA) is 80.1 Å². The number of fused-ring (bicyclic) bond motifs is 1. The molecule has 1 amide bonds. The summed E-state index contributed by atoms with van der Waals surface area (Å²) in [5, 5.41) is 3.52. The average molecular weight is 391 g/mol. The van der Waals surface area contributed by atoms with Crippen molar-refractivity contribution in [3.63, 3.8) is 0 Å². The van der Waals surface area contributed by atoms with Crippen LogP contribution in [0.3, 0.4) is 0 Å². The predicted molar refractivity (Wildman–Crippen MR) is 113 cm³/mol. The van der Waals surface area contributed by atoms with E-state index in [1.165, 1.54) is 12.8 Å². The number of hydrogen-bond donors (Lipinski definition) is 1. The molecule has 3 aromatic rings. The monoisotopic (exact) mass is 391 g/mol. The zero-order valence-corrected chi connectivity index (χ0v) is 16.4. The second-order valence-electron chi connectivity index (χ2n) is 7.36. The lowest BCUT2D eigenvalue weighted by Gasteiger charge is -2.16. The Balaban J connectivity index is 1.24. The van der Waals surface area contributed by atoms with Crippen LogP contribution in [0.15, 0.2) is 53.7 Å². The molecule has 7 nitrogen and oxygen atoms in total. The maximum atomic E-state index is 12.4. The molecule has 0 spiro atoms. The third kappa shape index (κ3) is 4.62. The first-order chi connectivity index (χ1) is 14.2. The number of nitrogens with one attached hydrogen (secondary N) is 1. The Morgan fingerprint density at radius 1 is 1.07 bits per heavy atom. The zero-order valence-electron chi connectivity index (χ0n) is 16.4. The van der Waals surface area contributed by atoms with Gasteiger partial charge in [-0.25, -0.2) is 9.97 Å². The molecule has 1 saturated heterocycles. The number of rotatable bonds is 7. The molecule has 7 heteroatoms. The van der Waals surface area contributed by atoms with Crippen molar-refractivity contribution in [3.05, 3.63) is 64.8 Å². The van der Waals surface area contributed by atoms with Gasteiger partial charge >= 0.3 is 0 Å². The van der Waals surface area contributed by atoms with Gasteiger partial charge in [-0.15, -0.1) is 0 Å². The molecule has 1 N–H and O–H groups in total. The second kappa shape index (κ2) is 8.86. The molecular formula is C22H25N5O2. The van der Waals surface area contributed by atoms with Crippen LogP contribution in [-0.2, 0) is 17.9 Å². The fraction of sp³-hybridized carbons (Fsp3) is 0.364. The molecular weight excluding hydrogens is 366 g/mol. The first kappa shape index (κ1) is 19.1. The second-order valence-corrected chi connectivity index (χ2v) is 7.36. The smallest absolute Gasteiger partial charge is 0.261 e. The van der Waals surface area contributed by atoms with Crippen molar-refractivity contribution in [1.82, 2.24) is 19.9 Å². The van der Waals surface area contributed by atoms with E-state index in [-0.39, 0.29) is 11.5 Å². The van der Waals surface area contributed by atoms with Crippen LogP contribution in [0, 0.1) is 0 Å². The van der Waals surface area contributed by atoms with Crippen molar-refractivity contribution in [2.75, 3.05) is 18.0 Å². The van der Waals surface area contributed by atoms with Crippen molar-refractivity contribution in [1.29, 1.82) is 0 Å². The minimum atomic E-state index is -0.0693. The van der Waals surface area contributed by atoms with Gasteiger partial charge in [0.15, 0.2) is 0 Å². The standard InChI is InChI=1S/C22H25N5O2/c28-21(24-15-17-9-10-20(23-14-17)26-11-3-4-12-26)8-5-13-27-16-25-19-7-2-1-6-18(19)22(27)29/h1-2,6-7,9-10,14,16H,3-5,8,11-13,15H2,(H,24,28). The molecule has 0 radical (unpaired) electrons. The van der Waals surface area contributed by atoms with Crippen molar-refractivity contribution in [2.45, 2.75) is 38.8 Å². The molecule has 1 aromatic carbocycles. The number of aromatic nitrogens is 3. The van der Waals surface area contributed by atoms with E-state index in [4.69, 9.17) is 0 Å². The quantitative estimate of drug-likeness (QED) is 0.669. The molecule has 1 fully saturated rings. The summed E-state index contributed by atoms with van der Waals surface area (Å²) >= 11 is 0. The number of hydrogen-bond acceptors (Lipinski definition) is 5. The number of aryl methyl sites for hydroxylation is 1. The maximum absolute atomic E-state index is 12.4. The number of carbonyl (C=O) groups is 1. The van der Waals surface area contributed by atoms with Gasteiger partial charge in [0.05, 0.1) is 17.2 Å². The average Bonchev–Trinajstić information content (AvgIpc) is 3.29. The van der Waals surface area contributed by atoms with Crippen LogP contribution in [-0.4, -0.2) is 33.5 Å². The minimum Gasteiger partial charge on any atom is -0.357 e. The van der Waals surface area contributed by atoms with Gasteiger partial charge in [0, 0.05) is 38.8 Å². The molecule has 1 aliphatic rings. The van der Waals surface area contributed by atoms with Crippen LogP contribution in [0.1, 0.15) is 31.2 Å². The molecule has 0 saturated carbocycles. The third-order valence-corrected chi connectivity index (χ3v) is 5.26. The predicted octanol–water partition coefficient (Wildman–Crippen LogP) is 2.49. The first-order valence-corrected chi connectivity index (χ1v) is 10.1. The largest absolute Gasteiger partial charge is 0.357 e. The highest BCUT2D eigenvalue weighted by Crippen LogP contribution is 2.17. The van der Waals surface area contributed by atoms with Crippen LogP contribution in [0.2, 0.25) is 0 Å². The summed E-state index contributed by atoms with van der Waals surface area (Å²) in [6.45, 7) is 3.07. The van der Waals surface area contributed by atoms with E-state index in [0.717, 1.165) is 24.5 Å². The van der Waals surface area contributed by atoms with Crippen molar-refractivity contribution >= 4 is 22.6 Å². The lowest BCUT2D eigenvalue weighted by atomic mass is 10.2. The highest BCUT2D eigenvalue weighted by molar-refractivity contribution is 5.77. The number of nitrogens with zero attached hydrogens (tertiary/aromatic N) is 4. The van der Waals surface area contributed by atoms with Crippen LogP contribution in [0.5, 0.6) is 0 Å². The van der Waals surface area contributed by atoms with E-state index in [1.54, 1.807) is 17.0 Å². The molecule has 29 heavy (non-hydrogen) atoms. The summed E-state index contributed by atoms with van der Waals surface area (Å²) < 4.78 is 1.57. The summed E-state index contributed by atoms with van der Waals surface area (Å²) in [5.74, 6) is 0.974. The van der Waals surface area contributed by atoms with Crippen LogP contribution in [0.25, 0.3) is 10.9 Å². The zero-order chi connectivity index (χ0) is 20.1. The van der Waals surface area contributed by atoms with Gasteiger partial charge in [-0.05, 0) is 43.0 Å². The number of carbonyl (C=O) groups excluding carboxylic acids is 1. The van der Waals surface area contributed by atoms with Gasteiger partial charge in [-0.3, -0.25) is 14.2 Å². The summed E-state index contributed by atoms with van der Waals surface area (Å²) in [4.78, 5) is 35.7. The fourth-order valence-electron chi connectivity index (χ4n) is 3.62. The number of pyridine rings is 1. The van der Waals surface area contributed by atoms with E-state index in [1.807, 2.05) is 36.5 Å². The highest BCUT2D eigenvalue weighted by Gasteiger charge is 2.13. The number of amides is 1. The molecule has 150 valence electrons. The van der Waals surface area contributed by atoms with Gasteiger partial charge in [0.25, 0.3) is 5.56 Å². The lowest BCUT2D eigenvalue weighted by molar-refractivity contribution is -0.121. The lowest BCUT2D eigenvalue weighted by Crippen LogP contribution is -2.25. The number of para-hydroxylation sites is 1. The highest BCUT2D eigenvalue weighted by atomic mass is 16.1. The Morgan fingerprint density at radius 2 is 1.90 bits per heavy atom. The van der Waals surface area contributed by atoms with E-state index < -0.39 is 0 Å². The molecule has 0 bridgehead atoms. The Bertz CT molecular complexity index is 1040. The van der Waals surface area contributed by atoms with E-state index >= 15 is 0 Å². The molecule has 1 aliphatic heterocycles. The molecule has 2 aromatic heterocycles. The minimum absolute atomic E-state index is 0.0320. The molecule has 0 unspecified atom stereocenters. The van der Waals surface area contributed by atoms with Gasteiger partial charge < -0.3 is 10.2 Å². The SMILES string of the molecule is O=C(CCCn1cnc2ccccc2c1=O)NCc1ccc(N2CCCC2)nc1. The summed E-state index contributed by atoms with van der Waals surface area (Å²) in [6, 6.07) is 11.3. The van der Waals surface area contributed by atoms with Gasteiger partial charge in [-0.2, -0.15) is 0 Å². The normalized spacial score (nSPS) is 13.7. The fourth-order valence-corrected chi connectivity index (χ4v) is 3.62. The molecule has 0 atom stereocenters. The third-order valence-electron chi connectivity index (χ3n) is 5.26. The van der Waals surface area contributed by atoms with E-state index in [9.17, 15) is 9.59 Å². The van der Waals surface area contributed by atoms with Crippen molar-refractivity contribution in [2.24, 2.45) is 0 Å². The Hall–Kier alpha value is -3.22. The van der Waals surface area contributed by atoms with Crippen molar-refractivity contribution in [3.8, 4) is 0 Å². The van der Waals surface area contributed by atoms with E-state index in [2.05, 4.69) is 20.2 Å². The van der Waals surface area contributed by atoms with Crippen LogP contribution in [0.4, 0.5) is 5.82 Å². The van der Waals surface area contributed by atoms with Gasteiger partial charge in [-0.1, -0.05) is 18.2 Å². The van der Waals surface area contributed by atoms with Crippen molar-refractivity contribution < 1.29 is 4.79 Å². The van der Waals surface area contributed by atoms with Gasteiger partial charge in [0.1, 0.15) is 5.82 Å². The number of anilines is 1. The first-order valence-electron chi connectivity index (χ1n) is 10.1. The molecule has 0 aliphatic carbocycles. The van der Waals surface area contributed by atoms with E-state index in [0.29, 0.717) is 36.8 Å². The summed E-state index contributed by atoms with van der Waals surface area (Å²) in [6.07, 6.45) is 6.77. The Morgan fingerprint density at radius 3 is 2.69 bits per heavy atom. The number of benzene rings is 1. The van der Waals surface area contributed by atoms with Crippen LogP contribution < -0.4 is 15.8 Å². The Labute approximate surface area is 169 Å². The molecule has 3 heterocycles. The molecule has 4 rings (SSSR count).